The summed E-state index contributed by atoms with van der Waals surface area (Å²) in [5.41, 5.74) is 1.05. The molecule has 1 aromatic rings. The summed E-state index contributed by atoms with van der Waals surface area (Å²) in [5, 5.41) is 3.47. The fraction of sp³-hybridized carbons (Fsp3) is 0.600. The van der Waals surface area contributed by atoms with Crippen LogP contribution in [-0.4, -0.2) is 37.1 Å². The number of rotatable bonds is 7. The minimum absolute atomic E-state index is 0.153. The van der Waals surface area contributed by atoms with Gasteiger partial charge in [-0.25, -0.2) is 4.39 Å². The van der Waals surface area contributed by atoms with Gasteiger partial charge >= 0.3 is 0 Å². The molecule has 0 aliphatic rings. The third-order valence-electron chi connectivity index (χ3n) is 3.27. The van der Waals surface area contributed by atoms with E-state index in [1.54, 1.807) is 12.1 Å². The van der Waals surface area contributed by atoms with Crippen molar-refractivity contribution >= 4 is 0 Å². The molecule has 0 amide bonds. The molecule has 0 aliphatic carbocycles. The zero-order valence-corrected chi connectivity index (χ0v) is 11.9. The van der Waals surface area contributed by atoms with E-state index in [2.05, 4.69) is 38.0 Å². The van der Waals surface area contributed by atoms with E-state index in [-0.39, 0.29) is 5.82 Å². The predicted octanol–water partition coefficient (Wildman–Crippen LogP) is 2.69. The molecule has 0 bridgehead atoms. The summed E-state index contributed by atoms with van der Waals surface area (Å²) < 4.78 is 13.0. The molecule has 18 heavy (non-hydrogen) atoms. The van der Waals surface area contributed by atoms with Crippen molar-refractivity contribution in [1.29, 1.82) is 0 Å². The van der Waals surface area contributed by atoms with Crippen LogP contribution < -0.4 is 5.32 Å². The average Bonchev–Trinajstić information content (AvgIpc) is 2.28. The molecule has 102 valence electrons. The first-order valence-corrected chi connectivity index (χ1v) is 6.67. The summed E-state index contributed by atoms with van der Waals surface area (Å²) in [6.07, 6.45) is 0.864. The quantitative estimate of drug-likeness (QED) is 0.802. The zero-order chi connectivity index (χ0) is 13.5. The van der Waals surface area contributed by atoms with Crippen molar-refractivity contribution in [3.8, 4) is 0 Å². The number of likely N-dealkylation sites (N-methyl/N-ethyl adjacent to an activating group) is 1. The standard InChI is InChI=1S/C15H25FN2/c1-12(2)18(4)9-8-17-13(3)10-14-6-5-7-15(16)11-14/h5-7,11-13,17H,8-10H2,1-4H3. The van der Waals surface area contributed by atoms with Crippen LogP contribution in [0.5, 0.6) is 0 Å². The first-order chi connectivity index (χ1) is 8.49. The number of nitrogens with one attached hydrogen (secondary N) is 1. The third-order valence-corrected chi connectivity index (χ3v) is 3.27. The lowest BCUT2D eigenvalue weighted by atomic mass is 10.1. The van der Waals surface area contributed by atoms with Gasteiger partial charge in [-0.1, -0.05) is 12.1 Å². The van der Waals surface area contributed by atoms with Gasteiger partial charge in [0.1, 0.15) is 5.82 Å². The van der Waals surface area contributed by atoms with Crippen LogP contribution in [0.25, 0.3) is 0 Å². The van der Waals surface area contributed by atoms with Crippen molar-refractivity contribution in [2.24, 2.45) is 0 Å². The van der Waals surface area contributed by atoms with Crippen LogP contribution in [0.1, 0.15) is 26.3 Å². The van der Waals surface area contributed by atoms with E-state index >= 15 is 0 Å². The number of hydrogen-bond donors (Lipinski definition) is 1. The molecule has 1 atom stereocenters. The van der Waals surface area contributed by atoms with Gasteiger partial charge in [0.2, 0.25) is 0 Å². The molecule has 0 fully saturated rings. The summed E-state index contributed by atoms with van der Waals surface area (Å²) in [6, 6.07) is 7.78. The molecule has 0 radical (unpaired) electrons. The van der Waals surface area contributed by atoms with Crippen LogP contribution in [0.15, 0.2) is 24.3 Å². The fourth-order valence-electron chi connectivity index (χ4n) is 1.84. The van der Waals surface area contributed by atoms with Crippen LogP contribution in [0, 0.1) is 5.82 Å². The predicted molar refractivity (Wildman–Crippen MR) is 75.3 cm³/mol. The highest BCUT2D eigenvalue weighted by Gasteiger charge is 2.06. The molecule has 3 heteroatoms. The summed E-state index contributed by atoms with van der Waals surface area (Å²) >= 11 is 0. The second-order valence-electron chi connectivity index (χ2n) is 5.26. The van der Waals surface area contributed by atoms with Crippen molar-refractivity contribution in [2.45, 2.75) is 39.3 Å². The maximum atomic E-state index is 13.0. The Morgan fingerprint density at radius 1 is 1.28 bits per heavy atom. The Labute approximate surface area is 110 Å². The van der Waals surface area contributed by atoms with E-state index in [1.165, 1.54) is 6.07 Å². The highest BCUT2D eigenvalue weighted by atomic mass is 19.1. The Hall–Kier alpha value is -0.930. The summed E-state index contributed by atoms with van der Waals surface area (Å²) in [6.45, 7) is 8.52. The highest BCUT2D eigenvalue weighted by molar-refractivity contribution is 5.17. The lowest BCUT2D eigenvalue weighted by molar-refractivity contribution is 0.269. The molecule has 0 heterocycles. The van der Waals surface area contributed by atoms with Crippen LogP contribution >= 0.6 is 0 Å². The Balaban J connectivity index is 2.27. The fourth-order valence-corrected chi connectivity index (χ4v) is 1.84. The first-order valence-electron chi connectivity index (χ1n) is 6.67. The normalized spacial score (nSPS) is 13.3. The molecule has 1 rings (SSSR count). The molecule has 1 aromatic carbocycles. The molecular formula is C15H25FN2. The van der Waals surface area contributed by atoms with Crippen LogP contribution in [-0.2, 0) is 6.42 Å². The maximum absolute atomic E-state index is 13.0. The number of halogens is 1. The molecule has 0 saturated heterocycles. The van der Waals surface area contributed by atoms with Gasteiger partial charge in [0.05, 0.1) is 0 Å². The van der Waals surface area contributed by atoms with Gasteiger partial charge in [-0.15, -0.1) is 0 Å². The third kappa shape index (κ3) is 5.61. The summed E-state index contributed by atoms with van der Waals surface area (Å²) in [4.78, 5) is 2.31. The molecule has 0 saturated carbocycles. The summed E-state index contributed by atoms with van der Waals surface area (Å²) in [5.74, 6) is -0.153. The van der Waals surface area contributed by atoms with E-state index in [0.717, 1.165) is 25.1 Å². The maximum Gasteiger partial charge on any atom is 0.123 e. The Morgan fingerprint density at radius 2 is 2.00 bits per heavy atom. The van der Waals surface area contributed by atoms with Gasteiger partial charge in [0, 0.05) is 25.2 Å². The van der Waals surface area contributed by atoms with E-state index in [1.807, 2.05) is 6.07 Å². The molecular weight excluding hydrogens is 227 g/mol. The largest absolute Gasteiger partial charge is 0.313 e. The molecule has 0 spiro atoms. The lowest BCUT2D eigenvalue weighted by Gasteiger charge is -2.22. The van der Waals surface area contributed by atoms with Gasteiger partial charge in [0.15, 0.2) is 0 Å². The van der Waals surface area contributed by atoms with E-state index < -0.39 is 0 Å². The van der Waals surface area contributed by atoms with Gasteiger partial charge in [-0.3, -0.25) is 0 Å². The van der Waals surface area contributed by atoms with Crippen LogP contribution in [0.3, 0.4) is 0 Å². The minimum atomic E-state index is -0.153. The van der Waals surface area contributed by atoms with E-state index in [9.17, 15) is 4.39 Å². The molecule has 0 aromatic heterocycles. The van der Waals surface area contributed by atoms with Crippen molar-refractivity contribution in [1.82, 2.24) is 10.2 Å². The Kier molecular flexibility index (Phi) is 6.30. The second kappa shape index (κ2) is 7.49. The summed E-state index contributed by atoms with van der Waals surface area (Å²) in [7, 11) is 2.13. The zero-order valence-electron chi connectivity index (χ0n) is 11.9. The number of benzene rings is 1. The van der Waals surface area contributed by atoms with Gasteiger partial charge < -0.3 is 10.2 Å². The number of nitrogens with zero attached hydrogens (tertiary/aromatic N) is 1. The van der Waals surface area contributed by atoms with E-state index in [0.29, 0.717) is 12.1 Å². The molecule has 1 N–H and O–H groups in total. The van der Waals surface area contributed by atoms with Crippen molar-refractivity contribution in [3.63, 3.8) is 0 Å². The molecule has 2 nitrogen and oxygen atoms in total. The highest BCUT2D eigenvalue weighted by Crippen LogP contribution is 2.06. The average molecular weight is 252 g/mol. The van der Waals surface area contributed by atoms with Crippen molar-refractivity contribution in [3.05, 3.63) is 35.6 Å². The smallest absolute Gasteiger partial charge is 0.123 e. The van der Waals surface area contributed by atoms with Crippen molar-refractivity contribution < 1.29 is 4.39 Å². The topological polar surface area (TPSA) is 15.3 Å². The lowest BCUT2D eigenvalue weighted by Crippen LogP contribution is -2.37. The van der Waals surface area contributed by atoms with Crippen molar-refractivity contribution in [2.75, 3.05) is 20.1 Å². The van der Waals surface area contributed by atoms with Gasteiger partial charge in [0.25, 0.3) is 0 Å². The van der Waals surface area contributed by atoms with Gasteiger partial charge in [-0.05, 0) is 51.9 Å². The monoisotopic (exact) mass is 252 g/mol. The van der Waals surface area contributed by atoms with E-state index in [4.69, 9.17) is 0 Å². The molecule has 1 unspecified atom stereocenters. The number of hydrogen-bond acceptors (Lipinski definition) is 2. The second-order valence-corrected chi connectivity index (χ2v) is 5.26. The first kappa shape index (κ1) is 15.1. The SMILES string of the molecule is CC(Cc1cccc(F)c1)NCCN(C)C(C)C. The Bertz CT molecular complexity index is 352. The minimum Gasteiger partial charge on any atom is -0.313 e. The van der Waals surface area contributed by atoms with Crippen LogP contribution in [0.2, 0.25) is 0 Å². The Morgan fingerprint density at radius 3 is 2.61 bits per heavy atom. The molecule has 0 aliphatic heterocycles. The van der Waals surface area contributed by atoms with Gasteiger partial charge in [-0.2, -0.15) is 0 Å². The van der Waals surface area contributed by atoms with Crippen LogP contribution in [0.4, 0.5) is 4.39 Å².